The Labute approximate surface area is 136 Å². The molecule has 0 bridgehead atoms. The number of benzene rings is 1. The highest BCUT2D eigenvalue weighted by molar-refractivity contribution is 5.95. The first-order chi connectivity index (χ1) is 10.2. The minimum absolute atomic E-state index is 0. The van der Waals surface area contributed by atoms with E-state index in [0.29, 0.717) is 18.5 Å². The van der Waals surface area contributed by atoms with Gasteiger partial charge >= 0.3 is 0 Å². The monoisotopic (exact) mass is 327 g/mol. The molecule has 0 aliphatic carbocycles. The Balaban J connectivity index is 0.00000242. The molecule has 1 aliphatic rings. The highest BCUT2D eigenvalue weighted by Crippen LogP contribution is 2.22. The molecule has 1 saturated heterocycles. The Kier molecular flexibility index (Phi) is 7.31. The van der Waals surface area contributed by atoms with Gasteiger partial charge in [0, 0.05) is 12.8 Å². The SMILES string of the molecule is COC1(C(=O)NCC(=O)Nc2ccccc2)CCNCC1.Cl. The molecule has 1 aliphatic heterocycles. The van der Waals surface area contributed by atoms with E-state index in [1.807, 2.05) is 18.2 Å². The molecule has 2 amide bonds. The van der Waals surface area contributed by atoms with Gasteiger partial charge in [-0.15, -0.1) is 12.4 Å². The number of piperidine rings is 1. The van der Waals surface area contributed by atoms with Crippen molar-refractivity contribution < 1.29 is 14.3 Å². The van der Waals surface area contributed by atoms with Crippen molar-refractivity contribution in [2.45, 2.75) is 18.4 Å². The zero-order chi connectivity index (χ0) is 15.1. The van der Waals surface area contributed by atoms with Crippen molar-refractivity contribution in [2.75, 3.05) is 32.1 Å². The largest absolute Gasteiger partial charge is 0.368 e. The fraction of sp³-hybridized carbons (Fsp3) is 0.467. The summed E-state index contributed by atoms with van der Waals surface area (Å²) in [7, 11) is 1.54. The summed E-state index contributed by atoms with van der Waals surface area (Å²) in [5.41, 5.74) is -0.113. The number of nitrogens with one attached hydrogen (secondary N) is 3. The van der Waals surface area contributed by atoms with E-state index < -0.39 is 5.60 Å². The number of carbonyl (C=O) groups excluding carboxylic acids is 2. The van der Waals surface area contributed by atoms with Gasteiger partial charge in [-0.2, -0.15) is 0 Å². The van der Waals surface area contributed by atoms with Gasteiger partial charge in [0.25, 0.3) is 5.91 Å². The van der Waals surface area contributed by atoms with Crippen LogP contribution in [0.2, 0.25) is 0 Å². The summed E-state index contributed by atoms with van der Waals surface area (Å²) < 4.78 is 5.41. The average molecular weight is 328 g/mol. The second kappa shape index (κ2) is 8.73. The van der Waals surface area contributed by atoms with Gasteiger partial charge < -0.3 is 20.7 Å². The van der Waals surface area contributed by atoms with Crippen molar-refractivity contribution in [2.24, 2.45) is 0 Å². The summed E-state index contributed by atoms with van der Waals surface area (Å²) in [6, 6.07) is 9.13. The molecule has 0 saturated carbocycles. The van der Waals surface area contributed by atoms with Gasteiger partial charge in [0.05, 0.1) is 6.54 Å². The average Bonchev–Trinajstić information content (AvgIpc) is 2.54. The van der Waals surface area contributed by atoms with E-state index >= 15 is 0 Å². The van der Waals surface area contributed by atoms with Gasteiger partial charge in [0.2, 0.25) is 5.91 Å². The van der Waals surface area contributed by atoms with Gasteiger partial charge in [0.15, 0.2) is 0 Å². The Morgan fingerprint density at radius 3 is 2.45 bits per heavy atom. The second-order valence-electron chi connectivity index (χ2n) is 5.05. The number of para-hydroxylation sites is 1. The van der Waals surface area contributed by atoms with Crippen LogP contribution in [0.1, 0.15) is 12.8 Å². The van der Waals surface area contributed by atoms with E-state index in [9.17, 15) is 9.59 Å². The summed E-state index contributed by atoms with van der Waals surface area (Å²) in [6.45, 7) is 1.40. The molecule has 0 radical (unpaired) electrons. The number of carbonyl (C=O) groups is 2. The summed E-state index contributed by atoms with van der Waals surface area (Å²) in [5, 5.41) is 8.57. The van der Waals surface area contributed by atoms with Gasteiger partial charge in [0.1, 0.15) is 5.60 Å². The highest BCUT2D eigenvalue weighted by atomic mass is 35.5. The van der Waals surface area contributed by atoms with Gasteiger partial charge in [-0.25, -0.2) is 0 Å². The molecule has 2 rings (SSSR count). The van der Waals surface area contributed by atoms with E-state index in [0.717, 1.165) is 13.1 Å². The van der Waals surface area contributed by atoms with Crippen LogP contribution in [0.4, 0.5) is 5.69 Å². The number of methoxy groups -OCH3 is 1. The molecule has 0 spiro atoms. The van der Waals surface area contributed by atoms with Crippen molar-refractivity contribution >= 4 is 29.9 Å². The minimum atomic E-state index is -0.821. The van der Waals surface area contributed by atoms with Crippen LogP contribution in [-0.2, 0) is 14.3 Å². The molecule has 1 heterocycles. The number of amides is 2. The summed E-state index contributed by atoms with van der Waals surface area (Å²) >= 11 is 0. The topological polar surface area (TPSA) is 79.5 Å². The molecular formula is C15H22ClN3O3. The number of anilines is 1. The van der Waals surface area contributed by atoms with Crippen LogP contribution in [0.5, 0.6) is 0 Å². The first-order valence-corrected chi connectivity index (χ1v) is 7.05. The third kappa shape index (κ3) is 4.69. The Bertz CT molecular complexity index is 490. The lowest BCUT2D eigenvalue weighted by Gasteiger charge is -2.34. The smallest absolute Gasteiger partial charge is 0.252 e. The van der Waals surface area contributed by atoms with Crippen molar-refractivity contribution in [1.82, 2.24) is 10.6 Å². The molecule has 0 unspecified atom stereocenters. The van der Waals surface area contributed by atoms with Crippen LogP contribution >= 0.6 is 12.4 Å². The molecule has 122 valence electrons. The maximum absolute atomic E-state index is 12.3. The lowest BCUT2D eigenvalue weighted by molar-refractivity contribution is -0.147. The van der Waals surface area contributed by atoms with Crippen molar-refractivity contribution in [3.8, 4) is 0 Å². The van der Waals surface area contributed by atoms with Crippen molar-refractivity contribution in [3.05, 3.63) is 30.3 Å². The molecule has 0 atom stereocenters. The zero-order valence-corrected chi connectivity index (χ0v) is 13.4. The number of ether oxygens (including phenoxy) is 1. The van der Waals surface area contributed by atoms with Gasteiger partial charge in [-0.1, -0.05) is 18.2 Å². The van der Waals surface area contributed by atoms with Crippen LogP contribution in [0, 0.1) is 0 Å². The quantitative estimate of drug-likeness (QED) is 0.752. The van der Waals surface area contributed by atoms with Crippen molar-refractivity contribution in [1.29, 1.82) is 0 Å². The molecule has 1 fully saturated rings. The van der Waals surface area contributed by atoms with Crippen LogP contribution < -0.4 is 16.0 Å². The van der Waals surface area contributed by atoms with E-state index in [4.69, 9.17) is 4.74 Å². The van der Waals surface area contributed by atoms with E-state index in [1.165, 1.54) is 7.11 Å². The molecule has 6 nitrogen and oxygen atoms in total. The number of hydrogen-bond acceptors (Lipinski definition) is 4. The molecule has 3 N–H and O–H groups in total. The normalized spacial score (nSPS) is 16.2. The van der Waals surface area contributed by atoms with Crippen LogP contribution in [-0.4, -0.2) is 44.2 Å². The fourth-order valence-electron chi connectivity index (χ4n) is 2.40. The van der Waals surface area contributed by atoms with Crippen LogP contribution in [0.25, 0.3) is 0 Å². The lowest BCUT2D eigenvalue weighted by atomic mass is 9.91. The number of rotatable bonds is 5. The third-order valence-electron chi connectivity index (χ3n) is 3.68. The second-order valence-corrected chi connectivity index (χ2v) is 5.05. The molecule has 1 aromatic carbocycles. The standard InChI is InChI=1S/C15H21N3O3.ClH/c1-21-15(7-9-16-10-8-15)14(20)17-11-13(19)18-12-5-3-2-4-6-12;/h2-6,16H,7-11H2,1H3,(H,17,20)(H,18,19);1H. The number of halogens is 1. The summed E-state index contributed by atoms with van der Waals surface area (Å²) in [6.07, 6.45) is 1.21. The molecule has 7 heteroatoms. The predicted molar refractivity (Wildman–Crippen MR) is 87.2 cm³/mol. The predicted octanol–water partition coefficient (Wildman–Crippen LogP) is 0.932. The van der Waals surface area contributed by atoms with Crippen LogP contribution in [0.3, 0.4) is 0 Å². The summed E-state index contributed by atoms with van der Waals surface area (Å²) in [5.74, 6) is -0.482. The Morgan fingerprint density at radius 2 is 1.86 bits per heavy atom. The van der Waals surface area contributed by atoms with E-state index in [-0.39, 0.29) is 30.8 Å². The highest BCUT2D eigenvalue weighted by Gasteiger charge is 2.39. The maximum atomic E-state index is 12.3. The van der Waals surface area contributed by atoms with Gasteiger partial charge in [-0.05, 0) is 38.1 Å². The maximum Gasteiger partial charge on any atom is 0.252 e. The molecule has 22 heavy (non-hydrogen) atoms. The molecule has 1 aromatic rings. The van der Waals surface area contributed by atoms with Gasteiger partial charge in [-0.3, -0.25) is 9.59 Å². The first-order valence-electron chi connectivity index (χ1n) is 7.05. The zero-order valence-electron chi connectivity index (χ0n) is 12.6. The Hall–Kier alpha value is -1.63. The molecular weight excluding hydrogens is 306 g/mol. The summed E-state index contributed by atoms with van der Waals surface area (Å²) in [4.78, 5) is 24.1. The van der Waals surface area contributed by atoms with E-state index in [1.54, 1.807) is 12.1 Å². The van der Waals surface area contributed by atoms with Crippen LogP contribution in [0.15, 0.2) is 30.3 Å². The minimum Gasteiger partial charge on any atom is -0.368 e. The third-order valence-corrected chi connectivity index (χ3v) is 3.68. The van der Waals surface area contributed by atoms with Crippen molar-refractivity contribution in [3.63, 3.8) is 0 Å². The number of hydrogen-bond donors (Lipinski definition) is 3. The fourth-order valence-corrected chi connectivity index (χ4v) is 2.40. The van der Waals surface area contributed by atoms with E-state index in [2.05, 4.69) is 16.0 Å². The Morgan fingerprint density at radius 1 is 1.23 bits per heavy atom. The lowest BCUT2D eigenvalue weighted by Crippen LogP contribution is -2.55. The molecule has 0 aromatic heterocycles. The first kappa shape index (κ1) is 18.4.